The van der Waals surface area contributed by atoms with Gasteiger partial charge in [-0.15, -0.1) is 0 Å². The Bertz CT molecular complexity index is 1620. The lowest BCUT2D eigenvalue weighted by Crippen LogP contribution is -2.38. The maximum atomic E-state index is 13.9. The van der Waals surface area contributed by atoms with Gasteiger partial charge < -0.3 is 29.3 Å². The van der Waals surface area contributed by atoms with E-state index in [9.17, 15) is 43.2 Å². The first-order valence-electron chi connectivity index (χ1n) is 23.7. The highest BCUT2D eigenvalue weighted by Gasteiger charge is 2.45. The molecule has 1 aliphatic heterocycles. The van der Waals surface area contributed by atoms with Crippen molar-refractivity contribution in [2.45, 2.75) is 211 Å². The van der Waals surface area contributed by atoms with Crippen molar-refractivity contribution >= 4 is 19.8 Å². The van der Waals surface area contributed by atoms with Gasteiger partial charge in [0.1, 0.15) is 24.9 Å². The minimum Gasteiger partial charge on any atom is -0.462 e. The van der Waals surface area contributed by atoms with Crippen LogP contribution in [0.3, 0.4) is 0 Å². The van der Waals surface area contributed by atoms with Gasteiger partial charge in [-0.2, -0.15) is 4.39 Å². The molecule has 1 saturated heterocycles. The van der Waals surface area contributed by atoms with Gasteiger partial charge in [0.2, 0.25) is 5.82 Å². The number of esters is 2. The number of allylic oxidation sites excluding steroid dienone is 4. The van der Waals surface area contributed by atoms with E-state index < -0.39 is 87.3 Å². The van der Waals surface area contributed by atoms with Crippen LogP contribution in [0.2, 0.25) is 0 Å². The molecule has 0 aromatic carbocycles. The number of aromatic nitrogens is 2. The first-order valence-corrected chi connectivity index (χ1v) is 25.2. The molecular weight excluding hydrogens is 838 g/mol. The molecule has 0 amide bonds. The Kier molecular flexibility index (Phi) is 30.6. The van der Waals surface area contributed by atoms with Crippen LogP contribution in [-0.2, 0) is 37.4 Å². The number of unbranched alkanes of at least 4 members (excludes halogenated alkanes) is 20. The Morgan fingerprint density at radius 1 is 0.746 bits per heavy atom. The molecule has 1 aliphatic rings. The third-order valence-electron chi connectivity index (χ3n) is 10.9. The number of hydrogen-bond donors (Lipinski definition) is 4. The summed E-state index contributed by atoms with van der Waals surface area (Å²) in [6.45, 7) is 2.49. The van der Waals surface area contributed by atoms with Crippen LogP contribution in [0.1, 0.15) is 187 Å². The zero-order valence-electron chi connectivity index (χ0n) is 38.0. The fraction of sp³-hybridized carbons (Fsp3) is 0.783. The number of carbonyl (C=O) groups is 2. The third kappa shape index (κ3) is 25.9. The lowest BCUT2D eigenvalue weighted by atomic mass is 10.0. The Balaban J connectivity index is 1.80. The minimum atomic E-state index is -4.94. The van der Waals surface area contributed by atoms with Crippen LogP contribution >= 0.6 is 7.82 Å². The summed E-state index contributed by atoms with van der Waals surface area (Å²) in [4.78, 5) is 61.1. The van der Waals surface area contributed by atoms with E-state index in [2.05, 4.69) is 38.2 Å². The number of aliphatic hydroxyl groups excluding tert-OH is 2. The Morgan fingerprint density at radius 3 is 1.84 bits per heavy atom. The number of ether oxygens (including phenoxy) is 3. The number of rotatable bonds is 38. The molecule has 15 nitrogen and oxygen atoms in total. The number of H-pyrrole nitrogens is 1. The predicted octanol–water partition coefficient (Wildman–Crippen LogP) is 9.18. The van der Waals surface area contributed by atoms with E-state index in [1.54, 1.807) is 4.98 Å². The van der Waals surface area contributed by atoms with Crippen LogP contribution in [0.5, 0.6) is 0 Å². The van der Waals surface area contributed by atoms with Gasteiger partial charge in [0.25, 0.3) is 5.56 Å². The number of phosphoric acid groups is 1. The summed E-state index contributed by atoms with van der Waals surface area (Å²) >= 11 is 0. The molecule has 4 N–H and O–H groups in total. The molecule has 2 heterocycles. The quantitative estimate of drug-likeness (QED) is 0.0211. The second-order valence-corrected chi connectivity index (χ2v) is 18.0. The van der Waals surface area contributed by atoms with Crippen molar-refractivity contribution in [3.8, 4) is 0 Å². The van der Waals surface area contributed by atoms with Crippen molar-refractivity contribution in [3.63, 3.8) is 0 Å². The molecule has 0 saturated carbocycles. The van der Waals surface area contributed by atoms with E-state index in [0.29, 0.717) is 23.6 Å². The average molecular weight is 917 g/mol. The van der Waals surface area contributed by atoms with Crippen molar-refractivity contribution in [2.75, 3.05) is 19.8 Å². The zero-order valence-corrected chi connectivity index (χ0v) is 38.9. The number of halogens is 1. The normalized spacial score (nSPS) is 19.2. The summed E-state index contributed by atoms with van der Waals surface area (Å²) in [7, 11) is -4.94. The van der Waals surface area contributed by atoms with Crippen molar-refractivity contribution in [1.29, 1.82) is 0 Å². The molecule has 1 aromatic rings. The smallest absolute Gasteiger partial charge is 0.462 e. The molecular formula is C46H78FN2O13P. The van der Waals surface area contributed by atoms with Crippen LogP contribution in [0, 0.1) is 5.82 Å². The second-order valence-electron chi connectivity index (χ2n) is 16.5. The lowest BCUT2D eigenvalue weighted by Gasteiger charge is -2.21. The van der Waals surface area contributed by atoms with Crippen molar-refractivity contribution in [1.82, 2.24) is 9.55 Å². The number of phosphoric ester groups is 1. The van der Waals surface area contributed by atoms with Gasteiger partial charge >= 0.3 is 25.5 Å². The molecule has 362 valence electrons. The largest absolute Gasteiger partial charge is 0.472 e. The van der Waals surface area contributed by atoms with Crippen molar-refractivity contribution in [3.05, 3.63) is 57.2 Å². The van der Waals surface area contributed by atoms with Gasteiger partial charge in [0, 0.05) is 12.8 Å². The second kappa shape index (κ2) is 34.4. The molecule has 0 radical (unpaired) electrons. The maximum absolute atomic E-state index is 13.9. The third-order valence-corrected chi connectivity index (χ3v) is 11.9. The summed E-state index contributed by atoms with van der Waals surface area (Å²) in [6, 6.07) is 0. The van der Waals surface area contributed by atoms with Crippen LogP contribution in [0.25, 0.3) is 0 Å². The van der Waals surface area contributed by atoms with Gasteiger partial charge in [0.05, 0.1) is 19.4 Å². The topological polar surface area (TPSA) is 213 Å². The Morgan fingerprint density at radius 2 is 1.25 bits per heavy atom. The average Bonchev–Trinajstić information content (AvgIpc) is 3.54. The number of nitrogens with zero attached hydrogens (tertiary/aromatic N) is 1. The maximum Gasteiger partial charge on any atom is 0.472 e. The number of nitrogens with one attached hydrogen (secondary N) is 1. The molecule has 0 aliphatic carbocycles. The van der Waals surface area contributed by atoms with Gasteiger partial charge in [-0.25, -0.2) is 9.36 Å². The van der Waals surface area contributed by atoms with E-state index in [1.807, 2.05) is 0 Å². The van der Waals surface area contributed by atoms with E-state index in [4.69, 9.17) is 23.3 Å². The summed E-state index contributed by atoms with van der Waals surface area (Å²) in [5.41, 5.74) is -2.42. The molecule has 2 rings (SSSR count). The van der Waals surface area contributed by atoms with Crippen molar-refractivity contribution in [2.24, 2.45) is 0 Å². The lowest BCUT2D eigenvalue weighted by molar-refractivity contribution is -0.161. The van der Waals surface area contributed by atoms with Gasteiger partial charge in [-0.1, -0.05) is 147 Å². The first kappa shape index (κ1) is 56.2. The van der Waals surface area contributed by atoms with Crippen LogP contribution in [-0.4, -0.2) is 80.8 Å². The SMILES string of the molecule is CCCCC/C=C\C/C=C\CCCCCCCC(=O)O[C@H](COC(=O)CCCCCCCCCCCCCCC)COP(=O)(O)OC[C@H]1O[C@@H](n2cc(F)c(=O)[nH]c2=O)[C@H](O)[C@@H]1O. The van der Waals surface area contributed by atoms with Gasteiger partial charge in [-0.05, 0) is 44.9 Å². The van der Waals surface area contributed by atoms with Crippen LogP contribution in [0.4, 0.5) is 4.39 Å². The highest BCUT2D eigenvalue weighted by atomic mass is 31.2. The van der Waals surface area contributed by atoms with E-state index in [0.717, 1.165) is 64.2 Å². The highest BCUT2D eigenvalue weighted by molar-refractivity contribution is 7.47. The summed E-state index contributed by atoms with van der Waals surface area (Å²) in [6.07, 6.45) is 28.0. The van der Waals surface area contributed by atoms with Gasteiger partial charge in [0.15, 0.2) is 12.3 Å². The van der Waals surface area contributed by atoms with E-state index in [1.165, 1.54) is 77.0 Å². The zero-order chi connectivity index (χ0) is 46.1. The Hall–Kier alpha value is -2.98. The monoisotopic (exact) mass is 917 g/mol. The molecule has 63 heavy (non-hydrogen) atoms. The number of carbonyl (C=O) groups excluding carboxylic acids is 2. The fourth-order valence-corrected chi connectivity index (χ4v) is 7.88. The Labute approximate surface area is 373 Å². The minimum absolute atomic E-state index is 0.0872. The van der Waals surface area contributed by atoms with Crippen molar-refractivity contribution < 1.29 is 56.9 Å². The van der Waals surface area contributed by atoms with E-state index >= 15 is 0 Å². The number of aliphatic hydroxyl groups is 2. The molecule has 1 aromatic heterocycles. The van der Waals surface area contributed by atoms with Crippen LogP contribution in [0.15, 0.2) is 40.1 Å². The highest BCUT2D eigenvalue weighted by Crippen LogP contribution is 2.44. The van der Waals surface area contributed by atoms with Crippen LogP contribution < -0.4 is 11.2 Å². The molecule has 17 heteroatoms. The van der Waals surface area contributed by atoms with Gasteiger partial charge in [-0.3, -0.25) is 33.0 Å². The summed E-state index contributed by atoms with van der Waals surface area (Å²) in [5, 5.41) is 20.9. The first-order chi connectivity index (χ1) is 30.4. The number of aromatic amines is 1. The fourth-order valence-electron chi connectivity index (χ4n) is 7.12. The molecule has 1 unspecified atom stereocenters. The molecule has 6 atom stereocenters. The standard InChI is InChI=1S/C46H78FN2O13P/c1-3-5-7-9-11-13-15-17-18-20-22-24-26-28-30-32-41(51)61-37(34-58-40(50)31-29-27-25-23-21-19-16-14-12-10-8-6-4-2)35-59-63(56,57)60-36-39-42(52)43(53)45(62-39)49-33-38(47)44(54)48-46(49)55/h11,13,17-18,33,37,39,42-43,45,52-53H,3-10,12,14-16,19-32,34-36H2,1-2H3,(H,56,57)(H,48,54,55)/b13-11-,18-17-/t37-,39-,42-,43-,45-/m1/s1. The summed E-state index contributed by atoms with van der Waals surface area (Å²) in [5.74, 6) is -2.44. The van der Waals surface area contributed by atoms with E-state index in [-0.39, 0.29) is 12.8 Å². The summed E-state index contributed by atoms with van der Waals surface area (Å²) < 4.78 is 53.6. The molecule has 1 fully saturated rings. The predicted molar refractivity (Wildman–Crippen MR) is 239 cm³/mol. The molecule has 0 bridgehead atoms. The molecule has 0 spiro atoms. The number of hydrogen-bond acceptors (Lipinski definition) is 12.